The van der Waals surface area contributed by atoms with E-state index in [1.165, 1.54) is 6.21 Å². The third-order valence-corrected chi connectivity index (χ3v) is 4.20. The fourth-order valence-electron chi connectivity index (χ4n) is 2.58. The number of halogens is 1. The Hall–Kier alpha value is -2.67. The summed E-state index contributed by atoms with van der Waals surface area (Å²) in [6.45, 7) is 3.58. The molecule has 7 nitrogen and oxygen atoms in total. The number of ether oxygens (including phenoxy) is 1. The molecule has 0 atom stereocenters. The molecule has 26 heavy (non-hydrogen) atoms. The Morgan fingerprint density at radius 1 is 1.35 bits per heavy atom. The number of aromatic nitrogens is 2. The van der Waals surface area contributed by atoms with Crippen LogP contribution in [0.1, 0.15) is 24.1 Å². The number of carbonyl (C=O) groups is 1. The van der Waals surface area contributed by atoms with Gasteiger partial charge in [0.1, 0.15) is 0 Å². The van der Waals surface area contributed by atoms with Gasteiger partial charge in [0.25, 0.3) is 5.91 Å². The number of hydrazone groups is 1. The second kappa shape index (κ2) is 8.62. The smallest absolute Gasteiger partial charge is 0.278 e. The fraction of sp³-hybridized carbons (Fsp3) is 0.333. The molecule has 1 aromatic carbocycles. The first-order chi connectivity index (χ1) is 12.6. The van der Waals surface area contributed by atoms with E-state index >= 15 is 0 Å². The van der Waals surface area contributed by atoms with Crippen molar-refractivity contribution < 1.29 is 9.53 Å². The van der Waals surface area contributed by atoms with Crippen LogP contribution in [0.2, 0.25) is 5.02 Å². The van der Waals surface area contributed by atoms with E-state index in [9.17, 15) is 4.79 Å². The van der Waals surface area contributed by atoms with E-state index in [4.69, 9.17) is 16.3 Å². The molecular weight excluding hydrogens is 354 g/mol. The van der Waals surface area contributed by atoms with Gasteiger partial charge in [-0.3, -0.25) is 4.79 Å². The summed E-state index contributed by atoms with van der Waals surface area (Å²) in [4.78, 5) is 22.8. The number of benzene rings is 1. The van der Waals surface area contributed by atoms with Gasteiger partial charge in [0, 0.05) is 35.4 Å². The normalized spacial score (nSPS) is 14.0. The molecule has 1 N–H and O–H groups in total. The molecule has 8 heteroatoms. The lowest BCUT2D eigenvalue weighted by Gasteiger charge is -2.16. The standard InChI is InChI=1S/C18H20ClN5O2/c1-13-10-17(22-18(21-13)24-8-4-5-9-24)26-12-16(25)23-20-11-14-6-2-3-7-15(14)19/h2-3,6-7,10-11H,4-5,8-9,12H2,1H3,(H,23,25). The van der Waals surface area contributed by atoms with Crippen LogP contribution in [0.25, 0.3) is 0 Å². The first kappa shape index (κ1) is 18.1. The summed E-state index contributed by atoms with van der Waals surface area (Å²) < 4.78 is 5.49. The zero-order valence-electron chi connectivity index (χ0n) is 14.5. The van der Waals surface area contributed by atoms with Crippen molar-refractivity contribution in [2.24, 2.45) is 5.10 Å². The Bertz CT molecular complexity index is 806. The maximum absolute atomic E-state index is 11.9. The van der Waals surface area contributed by atoms with Gasteiger partial charge in [0.2, 0.25) is 11.8 Å². The Morgan fingerprint density at radius 3 is 2.88 bits per heavy atom. The van der Waals surface area contributed by atoms with Crippen LogP contribution >= 0.6 is 11.6 Å². The van der Waals surface area contributed by atoms with Crippen LogP contribution in [0.5, 0.6) is 5.88 Å². The van der Waals surface area contributed by atoms with Gasteiger partial charge >= 0.3 is 0 Å². The predicted molar refractivity (Wildman–Crippen MR) is 101 cm³/mol. The average Bonchev–Trinajstić information content (AvgIpc) is 3.16. The van der Waals surface area contributed by atoms with Crippen LogP contribution in [0.3, 0.4) is 0 Å². The third-order valence-electron chi connectivity index (χ3n) is 3.86. The monoisotopic (exact) mass is 373 g/mol. The minimum absolute atomic E-state index is 0.185. The topological polar surface area (TPSA) is 79.7 Å². The van der Waals surface area contributed by atoms with E-state index in [0.717, 1.165) is 37.2 Å². The van der Waals surface area contributed by atoms with Crippen molar-refractivity contribution in [3.8, 4) is 5.88 Å². The van der Waals surface area contributed by atoms with Gasteiger partial charge in [-0.1, -0.05) is 29.8 Å². The van der Waals surface area contributed by atoms with Gasteiger partial charge in [-0.25, -0.2) is 10.4 Å². The minimum Gasteiger partial charge on any atom is -0.467 e. The lowest BCUT2D eigenvalue weighted by molar-refractivity contribution is -0.123. The summed E-state index contributed by atoms with van der Waals surface area (Å²) in [5, 5.41) is 4.45. The number of aryl methyl sites for hydroxylation is 1. The van der Waals surface area contributed by atoms with Gasteiger partial charge < -0.3 is 9.64 Å². The van der Waals surface area contributed by atoms with Crippen LogP contribution < -0.4 is 15.1 Å². The van der Waals surface area contributed by atoms with Gasteiger partial charge in [-0.05, 0) is 25.8 Å². The van der Waals surface area contributed by atoms with E-state index in [1.807, 2.05) is 19.1 Å². The summed E-state index contributed by atoms with van der Waals surface area (Å²) in [5.74, 6) is 0.645. The van der Waals surface area contributed by atoms with Crippen molar-refractivity contribution >= 4 is 29.7 Å². The molecule has 0 radical (unpaired) electrons. The van der Waals surface area contributed by atoms with Crippen LogP contribution in [0.15, 0.2) is 35.4 Å². The molecular formula is C18H20ClN5O2. The van der Waals surface area contributed by atoms with E-state index in [2.05, 4.69) is 25.4 Å². The molecule has 0 unspecified atom stereocenters. The van der Waals surface area contributed by atoms with Crippen molar-refractivity contribution in [2.75, 3.05) is 24.6 Å². The molecule has 1 aliphatic heterocycles. The summed E-state index contributed by atoms with van der Waals surface area (Å²) in [6.07, 6.45) is 3.76. The van der Waals surface area contributed by atoms with Crippen molar-refractivity contribution in [1.29, 1.82) is 0 Å². The molecule has 1 amide bonds. The van der Waals surface area contributed by atoms with Crippen LogP contribution in [0, 0.1) is 6.92 Å². The number of hydrogen-bond donors (Lipinski definition) is 1. The summed E-state index contributed by atoms with van der Waals surface area (Å²) in [5.41, 5.74) is 3.93. The SMILES string of the molecule is Cc1cc(OCC(=O)NN=Cc2ccccc2Cl)nc(N2CCCC2)n1. The van der Waals surface area contributed by atoms with Crippen molar-refractivity contribution in [1.82, 2.24) is 15.4 Å². The number of rotatable bonds is 6. The van der Waals surface area contributed by atoms with Crippen LogP contribution in [0.4, 0.5) is 5.95 Å². The molecule has 1 saturated heterocycles. The summed E-state index contributed by atoms with van der Waals surface area (Å²) in [6, 6.07) is 8.93. The molecule has 0 spiro atoms. The maximum Gasteiger partial charge on any atom is 0.278 e. The fourth-order valence-corrected chi connectivity index (χ4v) is 2.77. The number of nitrogens with zero attached hydrogens (tertiary/aromatic N) is 4. The Morgan fingerprint density at radius 2 is 2.12 bits per heavy atom. The minimum atomic E-state index is -0.382. The predicted octanol–water partition coefficient (Wildman–Crippen LogP) is 2.57. The van der Waals surface area contributed by atoms with Crippen molar-refractivity contribution in [3.63, 3.8) is 0 Å². The van der Waals surface area contributed by atoms with E-state index in [1.54, 1.807) is 18.2 Å². The first-order valence-electron chi connectivity index (χ1n) is 8.42. The zero-order chi connectivity index (χ0) is 18.4. The van der Waals surface area contributed by atoms with Crippen LogP contribution in [-0.2, 0) is 4.79 Å². The molecule has 2 heterocycles. The van der Waals surface area contributed by atoms with Gasteiger partial charge in [-0.2, -0.15) is 10.1 Å². The Balaban J connectivity index is 1.53. The summed E-state index contributed by atoms with van der Waals surface area (Å²) >= 11 is 6.02. The summed E-state index contributed by atoms with van der Waals surface area (Å²) in [7, 11) is 0. The largest absolute Gasteiger partial charge is 0.467 e. The maximum atomic E-state index is 11.9. The molecule has 0 saturated carbocycles. The molecule has 3 rings (SSSR count). The highest BCUT2D eigenvalue weighted by Crippen LogP contribution is 2.19. The van der Waals surface area contributed by atoms with Gasteiger partial charge in [0.15, 0.2) is 6.61 Å². The molecule has 1 fully saturated rings. The number of anilines is 1. The number of amides is 1. The van der Waals surface area contributed by atoms with Crippen molar-refractivity contribution in [3.05, 3.63) is 46.6 Å². The van der Waals surface area contributed by atoms with E-state index in [0.29, 0.717) is 16.9 Å². The quantitative estimate of drug-likeness (QED) is 0.621. The highest BCUT2D eigenvalue weighted by atomic mass is 35.5. The average molecular weight is 374 g/mol. The number of nitrogens with one attached hydrogen (secondary N) is 1. The second-order valence-corrected chi connectivity index (χ2v) is 6.35. The molecule has 136 valence electrons. The molecule has 0 bridgehead atoms. The third kappa shape index (κ3) is 4.92. The first-order valence-corrected chi connectivity index (χ1v) is 8.79. The van der Waals surface area contributed by atoms with Crippen LogP contribution in [-0.4, -0.2) is 41.8 Å². The highest BCUT2D eigenvalue weighted by Gasteiger charge is 2.16. The van der Waals surface area contributed by atoms with Gasteiger partial charge in [0.05, 0.1) is 6.21 Å². The number of hydrogen-bond acceptors (Lipinski definition) is 6. The molecule has 1 aromatic heterocycles. The lowest BCUT2D eigenvalue weighted by Crippen LogP contribution is -2.25. The lowest BCUT2D eigenvalue weighted by atomic mass is 10.2. The van der Waals surface area contributed by atoms with E-state index < -0.39 is 0 Å². The van der Waals surface area contributed by atoms with Gasteiger partial charge in [-0.15, -0.1) is 0 Å². The molecule has 1 aliphatic rings. The van der Waals surface area contributed by atoms with E-state index in [-0.39, 0.29) is 12.5 Å². The molecule has 0 aliphatic carbocycles. The Labute approximate surface area is 157 Å². The highest BCUT2D eigenvalue weighted by molar-refractivity contribution is 6.33. The van der Waals surface area contributed by atoms with Crippen molar-refractivity contribution in [2.45, 2.75) is 19.8 Å². The molecule has 2 aromatic rings. The zero-order valence-corrected chi connectivity index (χ0v) is 15.2. The Kier molecular flexibility index (Phi) is 6.01. The number of carbonyl (C=O) groups excluding carboxylic acids is 1. The second-order valence-electron chi connectivity index (χ2n) is 5.95.